The van der Waals surface area contributed by atoms with Gasteiger partial charge in [0.05, 0.1) is 0 Å². The number of hydrogen-bond donors (Lipinski definition) is 1. The number of aryl methyl sites for hydroxylation is 1. The smallest absolute Gasteiger partial charge is 0.228 e. The number of nitrogens with zero attached hydrogens (tertiary/aromatic N) is 4. The Hall–Kier alpha value is -1.50. The molecule has 0 aliphatic heterocycles. The van der Waals surface area contributed by atoms with Crippen molar-refractivity contribution < 1.29 is 4.52 Å². The molecule has 0 fully saturated rings. The molecule has 7 heteroatoms. The Bertz CT molecular complexity index is 439. The van der Waals surface area contributed by atoms with E-state index in [0.717, 1.165) is 16.2 Å². The zero-order chi connectivity index (χ0) is 11.4. The third-order valence-electron chi connectivity index (χ3n) is 1.86. The van der Waals surface area contributed by atoms with Gasteiger partial charge < -0.3 is 9.84 Å². The van der Waals surface area contributed by atoms with Crippen LogP contribution in [0.4, 0.5) is 5.82 Å². The Balaban J connectivity index is 1.89. The van der Waals surface area contributed by atoms with Gasteiger partial charge in [-0.2, -0.15) is 4.98 Å². The molecule has 0 aromatic carbocycles. The minimum absolute atomic E-state index is 0.609. The lowest BCUT2D eigenvalue weighted by Crippen LogP contribution is -2.07. The van der Waals surface area contributed by atoms with Gasteiger partial charge in [-0.3, -0.25) is 0 Å². The fourth-order valence-corrected chi connectivity index (χ4v) is 1.70. The van der Waals surface area contributed by atoms with Crippen LogP contribution in [-0.2, 0) is 6.42 Å². The topological polar surface area (TPSA) is 76.7 Å². The fraction of sp³-hybridized carbons (Fsp3) is 0.333. The number of nitrogens with one attached hydrogen (secondary N) is 1. The van der Waals surface area contributed by atoms with Gasteiger partial charge in [0.1, 0.15) is 16.2 Å². The SMILES string of the molecule is Cc1nc(Br)cc(NCCc2ncno2)n1. The third-order valence-corrected chi connectivity index (χ3v) is 2.26. The van der Waals surface area contributed by atoms with Crippen molar-refractivity contribution in [2.24, 2.45) is 0 Å². The molecule has 0 atom stereocenters. The van der Waals surface area contributed by atoms with E-state index in [0.29, 0.717) is 18.9 Å². The van der Waals surface area contributed by atoms with Crippen LogP contribution in [-0.4, -0.2) is 26.7 Å². The molecule has 0 saturated carbocycles. The lowest BCUT2D eigenvalue weighted by Gasteiger charge is -2.04. The lowest BCUT2D eigenvalue weighted by molar-refractivity contribution is 0.379. The Morgan fingerprint density at radius 1 is 1.44 bits per heavy atom. The number of aromatic nitrogens is 4. The molecule has 1 N–H and O–H groups in total. The maximum absolute atomic E-state index is 4.88. The van der Waals surface area contributed by atoms with E-state index in [4.69, 9.17) is 4.52 Å². The summed E-state index contributed by atoms with van der Waals surface area (Å²) in [4.78, 5) is 12.3. The van der Waals surface area contributed by atoms with Gasteiger partial charge in [0.2, 0.25) is 5.89 Å². The first-order valence-corrected chi connectivity index (χ1v) is 5.54. The second-order valence-corrected chi connectivity index (χ2v) is 3.95. The quantitative estimate of drug-likeness (QED) is 0.859. The average molecular weight is 284 g/mol. The molecule has 2 heterocycles. The van der Waals surface area contributed by atoms with E-state index in [1.165, 1.54) is 6.33 Å². The lowest BCUT2D eigenvalue weighted by atomic mass is 10.4. The predicted octanol–water partition coefficient (Wildman–Crippen LogP) is 1.59. The summed E-state index contributed by atoms with van der Waals surface area (Å²) in [6.45, 7) is 2.53. The van der Waals surface area contributed by atoms with Crippen LogP contribution in [0.25, 0.3) is 0 Å². The van der Waals surface area contributed by atoms with E-state index < -0.39 is 0 Å². The molecule has 0 unspecified atom stereocenters. The van der Waals surface area contributed by atoms with Crippen LogP contribution in [0.15, 0.2) is 21.5 Å². The highest BCUT2D eigenvalue weighted by Crippen LogP contribution is 2.11. The Morgan fingerprint density at radius 2 is 2.31 bits per heavy atom. The van der Waals surface area contributed by atoms with Gasteiger partial charge in [-0.25, -0.2) is 9.97 Å². The molecule has 84 valence electrons. The highest BCUT2D eigenvalue weighted by atomic mass is 79.9. The summed E-state index contributed by atoms with van der Waals surface area (Å²) in [5, 5.41) is 6.68. The van der Waals surface area contributed by atoms with Crippen LogP contribution >= 0.6 is 15.9 Å². The van der Waals surface area contributed by atoms with Crippen LogP contribution in [0.2, 0.25) is 0 Å². The van der Waals surface area contributed by atoms with Crippen LogP contribution in [0.3, 0.4) is 0 Å². The summed E-state index contributed by atoms with van der Waals surface area (Å²) in [6.07, 6.45) is 2.06. The average Bonchev–Trinajstić information content (AvgIpc) is 2.69. The minimum atomic E-state index is 0.609. The first-order valence-electron chi connectivity index (χ1n) is 4.74. The van der Waals surface area contributed by atoms with Gasteiger partial charge in [-0.15, -0.1) is 0 Å². The molecule has 0 spiro atoms. The second-order valence-electron chi connectivity index (χ2n) is 3.13. The summed E-state index contributed by atoms with van der Waals surface area (Å²) in [5.41, 5.74) is 0. The predicted molar refractivity (Wildman–Crippen MR) is 61.0 cm³/mol. The van der Waals surface area contributed by atoms with Gasteiger partial charge in [-0.1, -0.05) is 5.16 Å². The van der Waals surface area contributed by atoms with Crippen molar-refractivity contribution in [3.05, 3.63) is 28.7 Å². The highest BCUT2D eigenvalue weighted by Gasteiger charge is 2.01. The normalized spacial score (nSPS) is 10.4. The number of rotatable bonds is 4. The molecule has 0 aliphatic rings. The molecule has 2 aromatic rings. The van der Waals surface area contributed by atoms with Gasteiger partial charge in [-0.05, 0) is 22.9 Å². The maximum atomic E-state index is 4.88. The maximum Gasteiger partial charge on any atom is 0.228 e. The van der Waals surface area contributed by atoms with Crippen molar-refractivity contribution in [2.45, 2.75) is 13.3 Å². The van der Waals surface area contributed by atoms with Crippen molar-refractivity contribution in [3.8, 4) is 0 Å². The monoisotopic (exact) mass is 283 g/mol. The summed E-state index contributed by atoms with van der Waals surface area (Å²) >= 11 is 3.31. The van der Waals surface area contributed by atoms with Crippen molar-refractivity contribution in [3.63, 3.8) is 0 Å². The van der Waals surface area contributed by atoms with Crippen LogP contribution in [0.1, 0.15) is 11.7 Å². The largest absolute Gasteiger partial charge is 0.369 e. The third kappa shape index (κ3) is 2.99. The van der Waals surface area contributed by atoms with Crippen LogP contribution in [0.5, 0.6) is 0 Å². The molecule has 2 aromatic heterocycles. The molecular weight excluding hydrogens is 274 g/mol. The molecule has 0 bridgehead atoms. The summed E-state index contributed by atoms with van der Waals surface area (Å²) in [6, 6.07) is 1.82. The van der Waals surface area contributed by atoms with Crippen molar-refractivity contribution in [1.82, 2.24) is 20.1 Å². The fourth-order valence-electron chi connectivity index (χ4n) is 1.23. The number of halogens is 1. The minimum Gasteiger partial charge on any atom is -0.369 e. The molecule has 0 aliphatic carbocycles. The van der Waals surface area contributed by atoms with Crippen LogP contribution < -0.4 is 5.32 Å². The number of anilines is 1. The van der Waals surface area contributed by atoms with Gasteiger partial charge in [0.15, 0.2) is 6.33 Å². The first-order chi connectivity index (χ1) is 7.74. The van der Waals surface area contributed by atoms with E-state index in [1.54, 1.807) is 0 Å². The van der Waals surface area contributed by atoms with Crippen molar-refractivity contribution in [2.75, 3.05) is 11.9 Å². The van der Waals surface area contributed by atoms with E-state index in [-0.39, 0.29) is 0 Å². The Kier molecular flexibility index (Phi) is 3.45. The highest BCUT2D eigenvalue weighted by molar-refractivity contribution is 9.10. The summed E-state index contributed by atoms with van der Waals surface area (Å²) < 4.78 is 5.64. The molecule has 0 saturated heterocycles. The Morgan fingerprint density at radius 3 is 3.00 bits per heavy atom. The van der Waals surface area contributed by atoms with Crippen molar-refractivity contribution in [1.29, 1.82) is 0 Å². The molecule has 16 heavy (non-hydrogen) atoms. The number of hydrogen-bond acceptors (Lipinski definition) is 6. The summed E-state index contributed by atoms with van der Waals surface area (Å²) in [5.74, 6) is 2.10. The molecular formula is C9H10BrN5O. The van der Waals surface area contributed by atoms with E-state index in [1.807, 2.05) is 13.0 Å². The molecule has 6 nitrogen and oxygen atoms in total. The van der Waals surface area contributed by atoms with Gasteiger partial charge in [0.25, 0.3) is 0 Å². The first kappa shape index (κ1) is 11.0. The molecule has 0 amide bonds. The summed E-state index contributed by atoms with van der Waals surface area (Å²) in [7, 11) is 0. The Labute approximate surface area is 101 Å². The standard InChI is InChI=1S/C9H10BrN5O/c1-6-14-7(10)4-8(15-6)11-3-2-9-12-5-13-16-9/h4-5H,2-3H2,1H3,(H,11,14,15). The zero-order valence-corrected chi connectivity index (χ0v) is 10.2. The van der Waals surface area contributed by atoms with E-state index >= 15 is 0 Å². The van der Waals surface area contributed by atoms with Crippen molar-refractivity contribution >= 4 is 21.7 Å². The second kappa shape index (κ2) is 5.02. The van der Waals surface area contributed by atoms with E-state index in [9.17, 15) is 0 Å². The molecule has 2 rings (SSSR count). The van der Waals surface area contributed by atoms with E-state index in [2.05, 4.69) is 41.4 Å². The van der Waals surface area contributed by atoms with Gasteiger partial charge in [0, 0.05) is 19.0 Å². The van der Waals surface area contributed by atoms with Gasteiger partial charge >= 0.3 is 0 Å². The molecule has 0 radical (unpaired) electrons. The zero-order valence-electron chi connectivity index (χ0n) is 8.64. The van der Waals surface area contributed by atoms with Crippen LogP contribution in [0, 0.1) is 6.92 Å².